The Morgan fingerprint density at radius 1 is 0.397 bits per heavy atom. The molecule has 0 aliphatic carbocycles. The van der Waals surface area contributed by atoms with Crippen LogP contribution in [0.5, 0.6) is 0 Å². The number of nitrogens with zero attached hydrogens (tertiary/aromatic N) is 4. The van der Waals surface area contributed by atoms with Crippen LogP contribution in [0.2, 0.25) is 0 Å². The molecule has 8 rings (SSSR count). The summed E-state index contributed by atoms with van der Waals surface area (Å²) >= 11 is 0. The standard InChI is InChI=1S/C54H58N4/c1-26-30(5)38(13)50-44(34(26)9)23-45-35(10)27(2)31(6)39(14)51(45)57(50)49-18-17-43(42-19-21-56-22-20-42)54(48(49)25-55)58-52-40(15)32(7)28(3)36(11)46(52)24-47-37(12)29(4)33(8)41(16)53(47)58/h17-22H,23-24H2,1-16H3. The van der Waals surface area contributed by atoms with Crippen LogP contribution in [0.15, 0.2) is 36.7 Å². The van der Waals surface area contributed by atoms with Crippen molar-refractivity contribution in [1.29, 1.82) is 5.26 Å². The van der Waals surface area contributed by atoms with Gasteiger partial charge >= 0.3 is 0 Å². The number of pyridine rings is 1. The quantitative estimate of drug-likeness (QED) is 0.180. The van der Waals surface area contributed by atoms with E-state index in [2.05, 4.69) is 156 Å². The van der Waals surface area contributed by atoms with Gasteiger partial charge in [0, 0.05) is 30.8 Å². The van der Waals surface area contributed by atoms with E-state index < -0.39 is 0 Å². The van der Waals surface area contributed by atoms with Gasteiger partial charge in [0.05, 0.1) is 34.1 Å². The molecule has 0 saturated heterocycles. The molecule has 0 bridgehead atoms. The fraction of sp³-hybridized carbons (Fsp3) is 0.333. The molecule has 0 atom stereocenters. The highest BCUT2D eigenvalue weighted by Crippen LogP contribution is 2.58. The van der Waals surface area contributed by atoms with Crippen LogP contribution in [0.4, 0.5) is 34.1 Å². The molecule has 0 saturated carbocycles. The SMILES string of the molecule is Cc1c(C)c(C)c2c(c1C)Cc1c(C)c(C)c(C)c(C)c1N2c1ccc(-c2ccncc2)c(N2c3c(C)c(C)c(C)c(C)c3Cc3c(C)c(C)c(C)c(C)c32)c1C#N. The zero-order valence-electron chi connectivity index (χ0n) is 37.7. The molecule has 0 fully saturated rings. The highest BCUT2D eigenvalue weighted by atomic mass is 15.2. The maximum atomic E-state index is 12.0. The molecular formula is C54H58N4. The van der Waals surface area contributed by atoms with Crippen molar-refractivity contribution in [2.24, 2.45) is 0 Å². The zero-order chi connectivity index (χ0) is 42.0. The molecule has 4 heteroatoms. The van der Waals surface area contributed by atoms with Crippen LogP contribution in [-0.4, -0.2) is 4.98 Å². The van der Waals surface area contributed by atoms with Crippen LogP contribution in [-0.2, 0) is 12.8 Å². The Bertz CT molecular complexity index is 2710. The molecule has 4 nitrogen and oxygen atoms in total. The summed E-state index contributed by atoms with van der Waals surface area (Å²) in [4.78, 5) is 9.47. The summed E-state index contributed by atoms with van der Waals surface area (Å²) in [7, 11) is 0. The van der Waals surface area contributed by atoms with Gasteiger partial charge < -0.3 is 9.80 Å². The van der Waals surface area contributed by atoms with E-state index in [-0.39, 0.29) is 0 Å². The normalized spacial score (nSPS) is 12.9. The largest absolute Gasteiger partial charge is 0.308 e. The summed E-state index contributed by atoms with van der Waals surface area (Å²) in [6, 6.07) is 11.6. The summed E-state index contributed by atoms with van der Waals surface area (Å²) in [5.41, 5.74) is 35.8. The number of anilines is 6. The third-order valence-electron chi connectivity index (χ3n) is 15.4. The van der Waals surface area contributed by atoms with Crippen molar-refractivity contribution in [3.05, 3.63) is 153 Å². The molecule has 5 aromatic carbocycles. The molecule has 6 aromatic rings. The first-order valence-electron chi connectivity index (χ1n) is 20.9. The van der Waals surface area contributed by atoms with Crippen LogP contribution < -0.4 is 9.80 Å². The molecule has 2 aliphatic rings. The lowest BCUT2D eigenvalue weighted by Gasteiger charge is -2.43. The number of hydrogen-bond donors (Lipinski definition) is 0. The molecule has 294 valence electrons. The summed E-state index contributed by atoms with van der Waals surface area (Å²) in [6.45, 7) is 36.5. The Balaban J connectivity index is 1.61. The lowest BCUT2D eigenvalue weighted by Crippen LogP contribution is -2.28. The van der Waals surface area contributed by atoms with Crippen LogP contribution in [0.3, 0.4) is 0 Å². The molecule has 0 N–H and O–H groups in total. The third-order valence-corrected chi connectivity index (χ3v) is 15.4. The number of aromatic nitrogens is 1. The predicted octanol–water partition coefficient (Wildman–Crippen LogP) is 14.3. The number of benzene rings is 5. The minimum Gasteiger partial charge on any atom is -0.308 e. The van der Waals surface area contributed by atoms with E-state index in [1.54, 1.807) is 0 Å². The Labute approximate surface area is 347 Å². The predicted molar refractivity (Wildman–Crippen MR) is 245 cm³/mol. The minimum absolute atomic E-state index is 0.669. The van der Waals surface area contributed by atoms with Crippen LogP contribution in [0.25, 0.3) is 11.1 Å². The summed E-state index contributed by atoms with van der Waals surface area (Å²) < 4.78 is 0. The second-order valence-corrected chi connectivity index (χ2v) is 17.5. The molecule has 58 heavy (non-hydrogen) atoms. The van der Waals surface area contributed by atoms with E-state index in [1.165, 1.54) is 134 Å². The van der Waals surface area contributed by atoms with E-state index >= 15 is 0 Å². The molecule has 0 radical (unpaired) electrons. The van der Waals surface area contributed by atoms with Crippen molar-refractivity contribution in [2.75, 3.05) is 9.80 Å². The lowest BCUT2D eigenvalue weighted by atomic mass is 9.79. The molecule has 0 unspecified atom stereocenters. The van der Waals surface area contributed by atoms with E-state index in [9.17, 15) is 5.26 Å². The summed E-state index contributed by atoms with van der Waals surface area (Å²) in [6.07, 6.45) is 5.47. The van der Waals surface area contributed by atoms with Crippen LogP contribution in [0, 0.1) is 122 Å². The Kier molecular flexibility index (Phi) is 9.28. The Morgan fingerprint density at radius 3 is 1.07 bits per heavy atom. The van der Waals surface area contributed by atoms with Crippen molar-refractivity contribution in [1.82, 2.24) is 4.98 Å². The summed E-state index contributed by atoms with van der Waals surface area (Å²) in [5.74, 6) is 0. The highest BCUT2D eigenvalue weighted by molar-refractivity contribution is 6.02. The van der Waals surface area contributed by atoms with Gasteiger partial charge in [-0.15, -0.1) is 0 Å². The first-order chi connectivity index (χ1) is 27.5. The lowest BCUT2D eigenvalue weighted by molar-refractivity contribution is 0.988. The first kappa shape index (κ1) is 39.2. The van der Waals surface area contributed by atoms with Crippen molar-refractivity contribution in [3.8, 4) is 17.2 Å². The maximum Gasteiger partial charge on any atom is 0.104 e. The van der Waals surface area contributed by atoms with Crippen molar-refractivity contribution in [3.63, 3.8) is 0 Å². The van der Waals surface area contributed by atoms with Gasteiger partial charge in [0.15, 0.2) is 0 Å². The Hall–Kier alpha value is -5.66. The first-order valence-corrected chi connectivity index (χ1v) is 20.9. The molecule has 0 amide bonds. The van der Waals surface area contributed by atoms with Crippen LogP contribution in [0.1, 0.15) is 117 Å². The number of nitriles is 1. The second-order valence-electron chi connectivity index (χ2n) is 17.5. The van der Waals surface area contributed by atoms with Gasteiger partial charge in [-0.05, 0) is 246 Å². The number of hydrogen-bond acceptors (Lipinski definition) is 4. The topological polar surface area (TPSA) is 43.2 Å². The molecule has 0 spiro atoms. The zero-order valence-corrected chi connectivity index (χ0v) is 37.7. The third kappa shape index (κ3) is 5.21. The van der Waals surface area contributed by atoms with Gasteiger partial charge in [-0.3, -0.25) is 4.98 Å². The van der Waals surface area contributed by atoms with Gasteiger partial charge in [0.1, 0.15) is 11.6 Å². The number of fused-ring (bicyclic) bond motifs is 4. The van der Waals surface area contributed by atoms with Crippen molar-refractivity contribution in [2.45, 2.75) is 124 Å². The monoisotopic (exact) mass is 762 g/mol. The highest BCUT2D eigenvalue weighted by Gasteiger charge is 2.38. The minimum atomic E-state index is 0.669. The molecule has 3 heterocycles. The maximum absolute atomic E-state index is 12.0. The van der Waals surface area contributed by atoms with E-state index in [4.69, 9.17) is 0 Å². The van der Waals surface area contributed by atoms with E-state index in [1.807, 2.05) is 12.4 Å². The van der Waals surface area contributed by atoms with E-state index in [0.29, 0.717) is 5.56 Å². The van der Waals surface area contributed by atoms with E-state index in [0.717, 1.165) is 35.3 Å². The molecule has 1 aromatic heterocycles. The second kappa shape index (κ2) is 13.7. The van der Waals surface area contributed by atoms with Gasteiger partial charge in [-0.25, -0.2) is 0 Å². The molecular weight excluding hydrogens is 705 g/mol. The van der Waals surface area contributed by atoms with Gasteiger partial charge in [-0.2, -0.15) is 5.26 Å². The fourth-order valence-corrected chi connectivity index (χ4v) is 10.5. The number of rotatable bonds is 3. The average Bonchev–Trinajstić information content (AvgIpc) is 3.23. The van der Waals surface area contributed by atoms with Gasteiger partial charge in [-0.1, -0.05) is 6.07 Å². The smallest absolute Gasteiger partial charge is 0.104 e. The van der Waals surface area contributed by atoms with Crippen molar-refractivity contribution >= 4 is 34.1 Å². The fourth-order valence-electron chi connectivity index (χ4n) is 10.5. The van der Waals surface area contributed by atoms with Crippen molar-refractivity contribution < 1.29 is 0 Å². The van der Waals surface area contributed by atoms with Gasteiger partial charge in [0.2, 0.25) is 0 Å². The molecule has 2 aliphatic heterocycles. The van der Waals surface area contributed by atoms with Crippen LogP contribution >= 0.6 is 0 Å². The van der Waals surface area contributed by atoms with Gasteiger partial charge in [0.25, 0.3) is 0 Å². The average molecular weight is 763 g/mol. The summed E-state index contributed by atoms with van der Waals surface area (Å²) in [5, 5.41) is 12.0. The Morgan fingerprint density at radius 2 is 0.724 bits per heavy atom.